The number of fused-ring (bicyclic) bond motifs is 1. The van der Waals surface area contributed by atoms with Crippen molar-refractivity contribution in [2.24, 2.45) is 0 Å². The summed E-state index contributed by atoms with van der Waals surface area (Å²) in [5, 5.41) is 4.54. The minimum Gasteiger partial charge on any atom is -0.490 e. The Morgan fingerprint density at radius 1 is 1.32 bits per heavy atom. The average molecular weight is 258 g/mol. The Balaban J connectivity index is 1.56. The average Bonchev–Trinajstić information content (AvgIpc) is 2.97. The van der Waals surface area contributed by atoms with Crippen LogP contribution in [0.5, 0.6) is 5.75 Å². The summed E-state index contributed by atoms with van der Waals surface area (Å²) in [6.45, 7) is 3.16. The van der Waals surface area contributed by atoms with Crippen LogP contribution in [0, 0.1) is 0 Å². The Morgan fingerprint density at radius 2 is 2.26 bits per heavy atom. The monoisotopic (exact) mass is 258 g/mol. The minimum atomic E-state index is 0.481. The number of hydrogen-bond acceptors (Lipinski definition) is 4. The van der Waals surface area contributed by atoms with Crippen LogP contribution in [-0.2, 0) is 4.74 Å². The number of nitrogens with one attached hydrogen (secondary N) is 1. The molecule has 0 bridgehead atoms. The van der Waals surface area contributed by atoms with Gasteiger partial charge in [0.25, 0.3) is 0 Å². The summed E-state index contributed by atoms with van der Waals surface area (Å²) < 4.78 is 11.1. The molecule has 0 spiro atoms. The largest absolute Gasteiger partial charge is 0.490 e. The Hall–Kier alpha value is -1.65. The van der Waals surface area contributed by atoms with Crippen LogP contribution in [0.25, 0.3) is 10.9 Å². The second-order valence-corrected chi connectivity index (χ2v) is 4.69. The molecule has 19 heavy (non-hydrogen) atoms. The molecule has 0 aliphatic carbocycles. The Kier molecular flexibility index (Phi) is 3.91. The molecule has 1 atom stereocenters. The van der Waals surface area contributed by atoms with Crippen molar-refractivity contribution >= 4 is 10.9 Å². The molecule has 1 aromatic heterocycles. The predicted molar refractivity (Wildman–Crippen MR) is 74.5 cm³/mol. The molecule has 4 heteroatoms. The summed E-state index contributed by atoms with van der Waals surface area (Å²) in [5.74, 6) is 0.850. The maximum absolute atomic E-state index is 5.81. The maximum atomic E-state index is 5.81. The van der Waals surface area contributed by atoms with Gasteiger partial charge in [-0.25, -0.2) is 0 Å². The zero-order valence-corrected chi connectivity index (χ0v) is 10.8. The molecule has 1 aromatic carbocycles. The fourth-order valence-electron chi connectivity index (χ4n) is 2.31. The van der Waals surface area contributed by atoms with E-state index >= 15 is 0 Å². The van der Waals surface area contributed by atoms with Gasteiger partial charge in [-0.1, -0.05) is 18.2 Å². The van der Waals surface area contributed by atoms with Crippen LogP contribution in [0.15, 0.2) is 36.5 Å². The molecule has 1 fully saturated rings. The van der Waals surface area contributed by atoms with E-state index in [0.29, 0.717) is 12.6 Å². The molecular weight excluding hydrogens is 240 g/mol. The lowest BCUT2D eigenvalue weighted by Crippen LogP contribution is -2.32. The van der Waals surface area contributed by atoms with Crippen molar-refractivity contribution in [1.29, 1.82) is 0 Å². The van der Waals surface area contributed by atoms with Gasteiger partial charge in [-0.05, 0) is 18.6 Å². The Morgan fingerprint density at radius 3 is 3.16 bits per heavy atom. The molecule has 1 aliphatic rings. The van der Waals surface area contributed by atoms with Crippen LogP contribution in [0.2, 0.25) is 0 Å². The first-order chi connectivity index (χ1) is 9.43. The highest BCUT2D eigenvalue weighted by molar-refractivity contribution is 5.84. The van der Waals surface area contributed by atoms with Crippen molar-refractivity contribution in [2.45, 2.75) is 12.5 Å². The Bertz CT molecular complexity index is 533. The first-order valence-corrected chi connectivity index (χ1v) is 6.71. The third-order valence-corrected chi connectivity index (χ3v) is 3.32. The lowest BCUT2D eigenvalue weighted by Gasteiger charge is -2.12. The van der Waals surface area contributed by atoms with Crippen molar-refractivity contribution < 1.29 is 9.47 Å². The number of pyridine rings is 1. The van der Waals surface area contributed by atoms with Crippen molar-refractivity contribution in [3.63, 3.8) is 0 Å². The number of para-hydroxylation sites is 1. The molecular formula is C15H18N2O2. The predicted octanol–water partition coefficient (Wildman–Crippen LogP) is 1.99. The van der Waals surface area contributed by atoms with Gasteiger partial charge in [0.05, 0.1) is 6.61 Å². The first-order valence-electron chi connectivity index (χ1n) is 6.71. The van der Waals surface area contributed by atoms with Crippen LogP contribution in [0.4, 0.5) is 0 Å². The van der Waals surface area contributed by atoms with E-state index in [4.69, 9.17) is 9.47 Å². The summed E-state index contributed by atoms with van der Waals surface area (Å²) in [4.78, 5) is 4.37. The Labute approximate surface area is 112 Å². The molecule has 2 aromatic rings. The molecule has 0 saturated carbocycles. The van der Waals surface area contributed by atoms with Crippen LogP contribution < -0.4 is 10.1 Å². The van der Waals surface area contributed by atoms with Gasteiger partial charge in [-0.2, -0.15) is 0 Å². The highest BCUT2D eigenvalue weighted by atomic mass is 16.5. The lowest BCUT2D eigenvalue weighted by atomic mass is 10.2. The topological polar surface area (TPSA) is 43.4 Å². The highest BCUT2D eigenvalue weighted by Gasteiger charge is 2.14. The second kappa shape index (κ2) is 5.99. The zero-order chi connectivity index (χ0) is 12.9. The normalized spacial score (nSPS) is 18.8. The fraction of sp³-hybridized carbons (Fsp3) is 0.400. The van der Waals surface area contributed by atoms with Crippen molar-refractivity contribution in [1.82, 2.24) is 10.3 Å². The molecule has 3 rings (SSSR count). The molecule has 2 heterocycles. The van der Waals surface area contributed by atoms with Gasteiger partial charge in [-0.15, -0.1) is 0 Å². The van der Waals surface area contributed by atoms with Gasteiger partial charge in [0.1, 0.15) is 17.9 Å². The number of nitrogens with zero attached hydrogens (tertiary/aromatic N) is 1. The van der Waals surface area contributed by atoms with E-state index in [1.54, 1.807) is 6.20 Å². The van der Waals surface area contributed by atoms with Crippen LogP contribution >= 0.6 is 0 Å². The van der Waals surface area contributed by atoms with Gasteiger partial charge in [-0.3, -0.25) is 4.98 Å². The zero-order valence-electron chi connectivity index (χ0n) is 10.8. The third-order valence-electron chi connectivity index (χ3n) is 3.32. The van der Waals surface area contributed by atoms with Crippen molar-refractivity contribution in [3.05, 3.63) is 36.5 Å². The standard InChI is InChI=1S/C15H18N2O2/c1-3-12-4-2-7-17-15(12)14(5-1)19-10-8-16-13-6-9-18-11-13/h1-5,7,13,16H,6,8-11H2. The molecule has 0 amide bonds. The molecule has 0 radical (unpaired) electrons. The quantitative estimate of drug-likeness (QED) is 0.833. The number of aromatic nitrogens is 1. The van der Waals surface area contributed by atoms with E-state index in [9.17, 15) is 0 Å². The lowest BCUT2D eigenvalue weighted by molar-refractivity contribution is 0.188. The molecule has 100 valence electrons. The molecule has 1 N–H and O–H groups in total. The minimum absolute atomic E-state index is 0.481. The maximum Gasteiger partial charge on any atom is 0.145 e. The number of ether oxygens (including phenoxy) is 2. The SMILES string of the molecule is c1cnc2c(OCCNC3CCOC3)cccc2c1. The molecule has 1 aliphatic heterocycles. The van der Waals surface area contributed by atoms with Gasteiger partial charge in [0.2, 0.25) is 0 Å². The number of benzene rings is 1. The smallest absolute Gasteiger partial charge is 0.145 e. The van der Waals surface area contributed by atoms with Crippen LogP contribution in [-0.4, -0.2) is 37.4 Å². The van der Waals surface area contributed by atoms with Gasteiger partial charge in [0.15, 0.2) is 0 Å². The van der Waals surface area contributed by atoms with E-state index in [-0.39, 0.29) is 0 Å². The highest BCUT2D eigenvalue weighted by Crippen LogP contribution is 2.22. The summed E-state index contributed by atoms with van der Waals surface area (Å²) >= 11 is 0. The van der Waals surface area contributed by atoms with E-state index < -0.39 is 0 Å². The second-order valence-electron chi connectivity index (χ2n) is 4.69. The van der Waals surface area contributed by atoms with Crippen molar-refractivity contribution in [3.8, 4) is 5.75 Å². The molecule has 1 saturated heterocycles. The van der Waals surface area contributed by atoms with E-state index in [0.717, 1.165) is 42.8 Å². The van der Waals surface area contributed by atoms with E-state index in [1.807, 2.05) is 30.3 Å². The van der Waals surface area contributed by atoms with E-state index in [2.05, 4.69) is 10.3 Å². The summed E-state index contributed by atoms with van der Waals surface area (Å²) in [5.41, 5.74) is 0.925. The summed E-state index contributed by atoms with van der Waals surface area (Å²) in [7, 11) is 0. The van der Waals surface area contributed by atoms with Gasteiger partial charge in [0, 0.05) is 30.8 Å². The van der Waals surface area contributed by atoms with Crippen LogP contribution in [0.3, 0.4) is 0 Å². The van der Waals surface area contributed by atoms with Gasteiger partial charge < -0.3 is 14.8 Å². The summed E-state index contributed by atoms with van der Waals surface area (Å²) in [6.07, 6.45) is 2.89. The number of hydrogen-bond donors (Lipinski definition) is 1. The molecule has 4 nitrogen and oxygen atoms in total. The molecule has 1 unspecified atom stereocenters. The van der Waals surface area contributed by atoms with E-state index in [1.165, 1.54) is 0 Å². The first kappa shape index (κ1) is 12.4. The third kappa shape index (κ3) is 3.03. The van der Waals surface area contributed by atoms with Crippen LogP contribution in [0.1, 0.15) is 6.42 Å². The van der Waals surface area contributed by atoms with Gasteiger partial charge >= 0.3 is 0 Å². The number of rotatable bonds is 5. The fourth-order valence-corrected chi connectivity index (χ4v) is 2.31. The summed E-state index contributed by atoms with van der Waals surface area (Å²) in [6, 6.07) is 10.5. The van der Waals surface area contributed by atoms with Crippen molar-refractivity contribution in [2.75, 3.05) is 26.4 Å².